The number of aliphatic hydroxyl groups is 1. The maximum Gasteiger partial charge on any atom is 0.330 e. The fourth-order valence-electron chi connectivity index (χ4n) is 3.27. The normalized spacial score (nSPS) is 20.4. The molecule has 2 rings (SSSR count). The Morgan fingerprint density at radius 1 is 1.42 bits per heavy atom. The summed E-state index contributed by atoms with van der Waals surface area (Å²) in [4.78, 5) is 13.8. The minimum Gasteiger partial charge on any atom is -0.463 e. The van der Waals surface area contributed by atoms with Crippen molar-refractivity contribution in [2.45, 2.75) is 39.4 Å². The number of hydrogen-bond donors (Lipinski definition) is 1. The highest BCUT2D eigenvalue weighted by molar-refractivity contribution is 5.87. The van der Waals surface area contributed by atoms with Crippen LogP contribution in [0.4, 0.5) is 0 Å². The number of aliphatic hydroxyl groups excluding tert-OH is 1. The van der Waals surface area contributed by atoms with Crippen LogP contribution < -0.4 is 0 Å². The van der Waals surface area contributed by atoms with Crippen molar-refractivity contribution < 1.29 is 19.4 Å². The summed E-state index contributed by atoms with van der Waals surface area (Å²) >= 11 is 0. The predicted molar refractivity (Wildman–Crippen MR) is 103 cm³/mol. The molecule has 5 heteroatoms. The summed E-state index contributed by atoms with van der Waals surface area (Å²) in [5.41, 5.74) is 1.89. The van der Waals surface area contributed by atoms with E-state index in [0.717, 1.165) is 24.2 Å². The Balaban J connectivity index is 1.88. The minimum absolute atomic E-state index is 0.176. The number of nitrogens with zero attached hydrogens (tertiary/aromatic N) is 1. The van der Waals surface area contributed by atoms with Gasteiger partial charge in [0.2, 0.25) is 0 Å². The Bertz CT molecular complexity index is 601. The van der Waals surface area contributed by atoms with Gasteiger partial charge in [-0.25, -0.2) is 4.79 Å². The fraction of sp³-hybridized carbons (Fsp3) is 0.571. The monoisotopic (exact) mass is 361 g/mol. The molecule has 0 spiro atoms. The first-order chi connectivity index (χ1) is 12.5. The van der Waals surface area contributed by atoms with Crippen LogP contribution in [0.15, 0.2) is 30.3 Å². The average molecular weight is 361 g/mol. The summed E-state index contributed by atoms with van der Waals surface area (Å²) in [6, 6.07) is 7.78. The summed E-state index contributed by atoms with van der Waals surface area (Å²) in [7, 11) is 0. The van der Waals surface area contributed by atoms with Gasteiger partial charge < -0.3 is 19.5 Å². The predicted octanol–water partition coefficient (Wildman–Crippen LogP) is 3.04. The van der Waals surface area contributed by atoms with Crippen LogP contribution in [0, 0.1) is 5.92 Å². The summed E-state index contributed by atoms with van der Waals surface area (Å²) in [6.07, 6.45) is 3.70. The molecule has 1 fully saturated rings. The number of esters is 1. The summed E-state index contributed by atoms with van der Waals surface area (Å²) in [5.74, 6) is 0.353. The lowest BCUT2D eigenvalue weighted by Gasteiger charge is -2.22. The highest BCUT2D eigenvalue weighted by Crippen LogP contribution is 2.23. The Morgan fingerprint density at radius 3 is 2.88 bits per heavy atom. The van der Waals surface area contributed by atoms with Gasteiger partial charge in [-0.15, -0.1) is 0 Å². The molecule has 0 saturated carbocycles. The van der Waals surface area contributed by atoms with E-state index in [0.29, 0.717) is 25.7 Å². The topological polar surface area (TPSA) is 59.0 Å². The number of rotatable bonds is 9. The van der Waals surface area contributed by atoms with Gasteiger partial charge in [0.15, 0.2) is 0 Å². The van der Waals surface area contributed by atoms with Crippen molar-refractivity contribution in [3.63, 3.8) is 0 Å². The van der Waals surface area contributed by atoms with E-state index in [2.05, 4.69) is 11.8 Å². The first kappa shape index (κ1) is 20.6. The van der Waals surface area contributed by atoms with Gasteiger partial charge in [-0.1, -0.05) is 31.2 Å². The number of ether oxygens (including phenoxy) is 2. The standard InChI is InChI=1S/C21H31NO4/c1-4-25-21(24)10-9-18-7-5-6-8-20(18)17(3)26-15-19(23)14-22-12-11-16(2)13-22/h5-10,16-17,19,23H,4,11-15H2,1-3H3/b10-9+/t16-,17+,19+/m0/s1. The maximum absolute atomic E-state index is 11.5. The fourth-order valence-corrected chi connectivity index (χ4v) is 3.27. The van der Waals surface area contributed by atoms with Crippen molar-refractivity contribution >= 4 is 12.0 Å². The van der Waals surface area contributed by atoms with Crippen LogP contribution in [0.1, 0.15) is 44.4 Å². The van der Waals surface area contributed by atoms with Crippen LogP contribution in [-0.4, -0.2) is 54.9 Å². The molecule has 0 aliphatic carbocycles. The molecule has 0 bridgehead atoms. The zero-order valence-electron chi connectivity index (χ0n) is 16.1. The lowest BCUT2D eigenvalue weighted by atomic mass is 10.0. The van der Waals surface area contributed by atoms with E-state index in [1.54, 1.807) is 13.0 Å². The van der Waals surface area contributed by atoms with Crippen LogP contribution >= 0.6 is 0 Å². The molecule has 1 aromatic rings. The molecule has 1 aromatic carbocycles. The highest BCUT2D eigenvalue weighted by atomic mass is 16.5. The summed E-state index contributed by atoms with van der Waals surface area (Å²) in [5, 5.41) is 10.3. The minimum atomic E-state index is -0.495. The number of carbonyl (C=O) groups excluding carboxylic acids is 1. The number of benzene rings is 1. The molecular weight excluding hydrogens is 330 g/mol. The van der Waals surface area contributed by atoms with Crippen molar-refractivity contribution in [1.82, 2.24) is 4.90 Å². The lowest BCUT2D eigenvalue weighted by molar-refractivity contribution is -0.137. The third-order valence-electron chi connectivity index (χ3n) is 4.64. The SMILES string of the molecule is CCOC(=O)/C=C/c1ccccc1[C@@H](C)OC[C@H](O)CN1CC[C@H](C)C1. The smallest absolute Gasteiger partial charge is 0.330 e. The molecule has 0 aromatic heterocycles. The van der Waals surface area contributed by atoms with E-state index in [1.165, 1.54) is 12.5 Å². The second-order valence-electron chi connectivity index (χ2n) is 7.00. The summed E-state index contributed by atoms with van der Waals surface area (Å²) < 4.78 is 10.8. The number of carbonyl (C=O) groups is 1. The van der Waals surface area contributed by atoms with Crippen molar-refractivity contribution in [1.29, 1.82) is 0 Å². The molecule has 1 heterocycles. The number of likely N-dealkylation sites (tertiary alicyclic amines) is 1. The van der Waals surface area contributed by atoms with Gasteiger partial charge in [-0.3, -0.25) is 0 Å². The second kappa shape index (κ2) is 10.5. The molecule has 0 unspecified atom stereocenters. The van der Waals surface area contributed by atoms with E-state index < -0.39 is 6.10 Å². The zero-order valence-corrected chi connectivity index (χ0v) is 16.1. The molecule has 0 radical (unpaired) electrons. The molecule has 3 atom stereocenters. The summed E-state index contributed by atoms with van der Waals surface area (Å²) in [6.45, 7) is 9.39. The van der Waals surface area contributed by atoms with Gasteiger partial charge >= 0.3 is 5.97 Å². The van der Waals surface area contributed by atoms with Gasteiger partial charge in [-0.05, 0) is 49.9 Å². The van der Waals surface area contributed by atoms with E-state index in [-0.39, 0.29) is 12.1 Å². The maximum atomic E-state index is 11.5. The van der Waals surface area contributed by atoms with Crippen LogP contribution in [0.5, 0.6) is 0 Å². The van der Waals surface area contributed by atoms with Gasteiger partial charge in [0, 0.05) is 19.2 Å². The highest BCUT2D eigenvalue weighted by Gasteiger charge is 2.21. The van der Waals surface area contributed by atoms with E-state index >= 15 is 0 Å². The Hall–Kier alpha value is -1.69. The van der Waals surface area contributed by atoms with Crippen LogP contribution in [0.2, 0.25) is 0 Å². The van der Waals surface area contributed by atoms with E-state index in [9.17, 15) is 9.90 Å². The first-order valence-corrected chi connectivity index (χ1v) is 9.45. The third kappa shape index (κ3) is 6.56. The van der Waals surface area contributed by atoms with Crippen molar-refractivity contribution in [2.24, 2.45) is 5.92 Å². The van der Waals surface area contributed by atoms with Gasteiger partial charge in [-0.2, -0.15) is 0 Å². The van der Waals surface area contributed by atoms with E-state index in [1.807, 2.05) is 31.2 Å². The zero-order chi connectivity index (χ0) is 18.9. The van der Waals surface area contributed by atoms with Gasteiger partial charge in [0.25, 0.3) is 0 Å². The average Bonchev–Trinajstić information content (AvgIpc) is 3.03. The van der Waals surface area contributed by atoms with Gasteiger partial charge in [0.1, 0.15) is 0 Å². The molecule has 1 saturated heterocycles. The molecule has 144 valence electrons. The number of hydrogen-bond acceptors (Lipinski definition) is 5. The molecule has 0 amide bonds. The van der Waals surface area contributed by atoms with Crippen molar-refractivity contribution in [3.05, 3.63) is 41.5 Å². The van der Waals surface area contributed by atoms with Crippen molar-refractivity contribution in [3.8, 4) is 0 Å². The third-order valence-corrected chi connectivity index (χ3v) is 4.64. The van der Waals surface area contributed by atoms with Crippen LogP contribution in [0.3, 0.4) is 0 Å². The van der Waals surface area contributed by atoms with Gasteiger partial charge in [0.05, 0.1) is 25.4 Å². The van der Waals surface area contributed by atoms with Crippen LogP contribution in [0.25, 0.3) is 6.08 Å². The Kier molecular flexibility index (Phi) is 8.29. The van der Waals surface area contributed by atoms with Crippen LogP contribution in [-0.2, 0) is 14.3 Å². The first-order valence-electron chi connectivity index (χ1n) is 9.45. The quantitative estimate of drug-likeness (QED) is 0.541. The molecule has 5 nitrogen and oxygen atoms in total. The Labute approximate surface area is 156 Å². The molecule has 1 aliphatic heterocycles. The molecule has 26 heavy (non-hydrogen) atoms. The lowest BCUT2D eigenvalue weighted by Crippen LogP contribution is -2.33. The second-order valence-corrected chi connectivity index (χ2v) is 7.00. The molecule has 1 N–H and O–H groups in total. The molecular formula is C21H31NO4. The Morgan fingerprint density at radius 2 is 2.19 bits per heavy atom. The molecule has 1 aliphatic rings. The van der Waals surface area contributed by atoms with E-state index in [4.69, 9.17) is 9.47 Å². The largest absolute Gasteiger partial charge is 0.463 e. The van der Waals surface area contributed by atoms with Crippen molar-refractivity contribution in [2.75, 3.05) is 32.8 Å². The number of β-amino-alcohol motifs (C(OH)–C–C–N with tert-alkyl or cyclic N) is 1.